The zero-order valence-corrected chi connectivity index (χ0v) is 12.2. The molecule has 2 heterocycles. The Balaban J connectivity index is 2.03. The molecule has 0 spiro atoms. The van der Waals surface area contributed by atoms with Crippen LogP contribution < -0.4 is 5.73 Å². The van der Waals surface area contributed by atoms with Crippen LogP contribution in [0.4, 0.5) is 0 Å². The minimum atomic E-state index is -0.492. The summed E-state index contributed by atoms with van der Waals surface area (Å²) in [5.41, 5.74) is 10.4. The highest BCUT2D eigenvalue weighted by atomic mass is 16.1. The Bertz CT molecular complexity index is 847. The number of aromatic nitrogens is 3. The highest BCUT2D eigenvalue weighted by molar-refractivity contribution is 5.93. The molecule has 5 nitrogen and oxygen atoms in total. The van der Waals surface area contributed by atoms with Crippen molar-refractivity contribution in [1.29, 1.82) is 0 Å². The Hall–Kier alpha value is -2.95. The van der Waals surface area contributed by atoms with Gasteiger partial charge in [-0.3, -0.25) is 4.79 Å². The average Bonchev–Trinajstić information content (AvgIpc) is 2.95. The van der Waals surface area contributed by atoms with Gasteiger partial charge in [0.1, 0.15) is 5.52 Å². The van der Waals surface area contributed by atoms with E-state index in [2.05, 4.69) is 34.0 Å². The Morgan fingerprint density at radius 2 is 2.09 bits per heavy atom. The van der Waals surface area contributed by atoms with Crippen molar-refractivity contribution in [1.82, 2.24) is 15.0 Å². The maximum Gasteiger partial charge on any atom is 0.241 e. The van der Waals surface area contributed by atoms with Crippen molar-refractivity contribution in [3.05, 3.63) is 53.9 Å². The van der Waals surface area contributed by atoms with E-state index in [4.69, 9.17) is 5.73 Å². The van der Waals surface area contributed by atoms with Crippen LogP contribution in [0.1, 0.15) is 18.1 Å². The number of aromatic amines is 1. The second-order valence-corrected chi connectivity index (χ2v) is 4.98. The molecule has 2 aromatic heterocycles. The molecule has 110 valence electrons. The zero-order chi connectivity index (χ0) is 15.5. The lowest BCUT2D eigenvalue weighted by atomic mass is 10.1. The van der Waals surface area contributed by atoms with Crippen LogP contribution in [0.25, 0.3) is 28.5 Å². The van der Waals surface area contributed by atoms with Crippen molar-refractivity contribution in [2.24, 2.45) is 5.73 Å². The lowest BCUT2D eigenvalue weighted by Gasteiger charge is -2.02. The predicted molar refractivity (Wildman–Crippen MR) is 86.9 cm³/mol. The van der Waals surface area contributed by atoms with Crippen molar-refractivity contribution >= 4 is 23.1 Å². The molecule has 0 aliphatic carbocycles. The molecule has 5 heteroatoms. The summed E-state index contributed by atoms with van der Waals surface area (Å²) in [4.78, 5) is 22.9. The van der Waals surface area contributed by atoms with E-state index in [1.54, 1.807) is 18.5 Å². The van der Waals surface area contributed by atoms with Gasteiger partial charge in [0.2, 0.25) is 5.91 Å². The topological polar surface area (TPSA) is 84.7 Å². The van der Waals surface area contributed by atoms with Crippen molar-refractivity contribution < 1.29 is 4.79 Å². The number of fused-ring (bicyclic) bond motifs is 1. The molecule has 0 saturated carbocycles. The zero-order valence-electron chi connectivity index (χ0n) is 12.2. The van der Waals surface area contributed by atoms with Crippen LogP contribution >= 0.6 is 0 Å². The lowest BCUT2D eigenvalue weighted by molar-refractivity contribution is -0.113. The molecule has 0 aliphatic heterocycles. The van der Waals surface area contributed by atoms with E-state index in [-0.39, 0.29) is 0 Å². The third-order valence-corrected chi connectivity index (χ3v) is 3.50. The predicted octanol–water partition coefficient (Wildman–Crippen LogP) is 2.69. The van der Waals surface area contributed by atoms with Crippen LogP contribution in [-0.2, 0) is 11.2 Å². The van der Waals surface area contributed by atoms with Crippen LogP contribution in [0.3, 0.4) is 0 Å². The molecule has 1 amide bonds. The molecule has 3 rings (SSSR count). The fraction of sp³-hybridized carbons (Fsp3) is 0.118. The van der Waals surface area contributed by atoms with Gasteiger partial charge in [0, 0.05) is 23.4 Å². The summed E-state index contributed by atoms with van der Waals surface area (Å²) in [6.07, 6.45) is 7.45. The number of amides is 1. The summed E-state index contributed by atoms with van der Waals surface area (Å²) >= 11 is 0. The minimum Gasteiger partial charge on any atom is -0.366 e. The molecule has 3 N–H and O–H groups in total. The molecular formula is C17H16N4O. The number of nitrogens with zero attached hydrogens (tertiary/aromatic N) is 2. The third kappa shape index (κ3) is 2.74. The molecule has 0 aliphatic rings. The second kappa shape index (κ2) is 5.81. The second-order valence-electron chi connectivity index (χ2n) is 4.98. The molecule has 0 saturated heterocycles. The first-order valence-corrected chi connectivity index (χ1v) is 7.08. The van der Waals surface area contributed by atoms with E-state index in [0.29, 0.717) is 5.65 Å². The van der Waals surface area contributed by atoms with Gasteiger partial charge in [-0.05, 0) is 18.1 Å². The first-order chi connectivity index (χ1) is 10.7. The molecule has 0 radical (unpaired) electrons. The number of H-pyrrole nitrogens is 1. The van der Waals surface area contributed by atoms with Crippen LogP contribution in [0, 0.1) is 0 Å². The van der Waals surface area contributed by atoms with E-state index in [9.17, 15) is 4.79 Å². The third-order valence-electron chi connectivity index (χ3n) is 3.50. The quantitative estimate of drug-likeness (QED) is 0.725. The number of rotatable bonds is 4. The SMILES string of the molecule is CCc1ccc(-c2cnc3[nH]cc(/C=C/C(N)=O)c3n2)cc1. The van der Waals surface area contributed by atoms with Gasteiger partial charge < -0.3 is 10.7 Å². The minimum absolute atomic E-state index is 0.492. The monoisotopic (exact) mass is 292 g/mol. The number of nitrogens with two attached hydrogens (primary N) is 1. The number of carbonyl (C=O) groups is 1. The number of nitrogens with one attached hydrogen (secondary N) is 1. The summed E-state index contributed by atoms with van der Waals surface area (Å²) in [5, 5.41) is 0. The maximum atomic E-state index is 10.9. The Labute approximate surface area is 127 Å². The molecule has 22 heavy (non-hydrogen) atoms. The Morgan fingerprint density at radius 1 is 1.32 bits per heavy atom. The summed E-state index contributed by atoms with van der Waals surface area (Å²) < 4.78 is 0. The standard InChI is InChI=1S/C17H16N4O/c1-2-11-3-5-12(6-4-11)14-10-20-17-16(21-14)13(9-19-17)7-8-15(18)22/h3-10H,2H2,1H3,(H2,18,22)(H,19,20)/b8-7+. The van der Waals surface area contributed by atoms with Crippen molar-refractivity contribution in [2.45, 2.75) is 13.3 Å². The number of carbonyl (C=O) groups excluding carboxylic acids is 1. The van der Waals surface area contributed by atoms with Crippen molar-refractivity contribution in [3.8, 4) is 11.3 Å². The molecule has 0 unspecified atom stereocenters. The molecule has 3 aromatic rings. The number of aryl methyl sites for hydroxylation is 1. The highest BCUT2D eigenvalue weighted by Gasteiger charge is 2.07. The Morgan fingerprint density at radius 3 is 2.77 bits per heavy atom. The lowest BCUT2D eigenvalue weighted by Crippen LogP contribution is -2.05. The number of benzene rings is 1. The summed E-state index contributed by atoms with van der Waals surface area (Å²) in [5.74, 6) is -0.492. The fourth-order valence-electron chi connectivity index (χ4n) is 2.26. The van der Waals surface area contributed by atoms with E-state index in [1.807, 2.05) is 12.1 Å². The number of primary amides is 1. The molecule has 0 atom stereocenters. The summed E-state index contributed by atoms with van der Waals surface area (Å²) in [6.45, 7) is 2.12. The van der Waals surface area contributed by atoms with Gasteiger partial charge in [-0.1, -0.05) is 31.2 Å². The van der Waals surface area contributed by atoms with Gasteiger partial charge in [0.15, 0.2) is 5.65 Å². The van der Waals surface area contributed by atoms with Gasteiger partial charge in [-0.2, -0.15) is 0 Å². The maximum absolute atomic E-state index is 10.9. The number of hydrogen-bond donors (Lipinski definition) is 2. The summed E-state index contributed by atoms with van der Waals surface area (Å²) in [7, 11) is 0. The van der Waals surface area contributed by atoms with Crippen LogP contribution in [0.15, 0.2) is 42.7 Å². The van der Waals surface area contributed by atoms with Gasteiger partial charge in [-0.25, -0.2) is 9.97 Å². The molecule has 0 bridgehead atoms. The normalized spacial score (nSPS) is 11.3. The molecular weight excluding hydrogens is 276 g/mol. The first kappa shape index (κ1) is 14.0. The van der Waals surface area contributed by atoms with Gasteiger partial charge >= 0.3 is 0 Å². The molecule has 0 fully saturated rings. The van der Waals surface area contributed by atoms with Crippen LogP contribution in [0.2, 0.25) is 0 Å². The van der Waals surface area contributed by atoms with Crippen LogP contribution in [0.5, 0.6) is 0 Å². The summed E-state index contributed by atoms with van der Waals surface area (Å²) in [6, 6.07) is 8.26. The van der Waals surface area contributed by atoms with Gasteiger partial charge in [0.25, 0.3) is 0 Å². The average molecular weight is 292 g/mol. The molecule has 1 aromatic carbocycles. The van der Waals surface area contributed by atoms with E-state index in [1.165, 1.54) is 11.6 Å². The van der Waals surface area contributed by atoms with E-state index >= 15 is 0 Å². The van der Waals surface area contributed by atoms with E-state index in [0.717, 1.165) is 28.8 Å². The van der Waals surface area contributed by atoms with E-state index < -0.39 is 5.91 Å². The fourth-order valence-corrected chi connectivity index (χ4v) is 2.26. The van der Waals surface area contributed by atoms with Gasteiger partial charge in [0.05, 0.1) is 11.9 Å². The highest BCUT2D eigenvalue weighted by Crippen LogP contribution is 2.22. The van der Waals surface area contributed by atoms with Crippen molar-refractivity contribution in [2.75, 3.05) is 0 Å². The van der Waals surface area contributed by atoms with Crippen molar-refractivity contribution in [3.63, 3.8) is 0 Å². The van der Waals surface area contributed by atoms with Gasteiger partial charge in [-0.15, -0.1) is 0 Å². The van der Waals surface area contributed by atoms with Crippen LogP contribution in [-0.4, -0.2) is 20.9 Å². The number of hydrogen-bond acceptors (Lipinski definition) is 3. The Kier molecular flexibility index (Phi) is 3.70. The smallest absolute Gasteiger partial charge is 0.241 e. The largest absolute Gasteiger partial charge is 0.366 e. The first-order valence-electron chi connectivity index (χ1n) is 7.08.